The summed E-state index contributed by atoms with van der Waals surface area (Å²) < 4.78 is 39.3. The lowest BCUT2D eigenvalue weighted by Gasteiger charge is -2.33. The van der Waals surface area contributed by atoms with E-state index in [1.54, 1.807) is 0 Å². The van der Waals surface area contributed by atoms with E-state index < -0.39 is 12.1 Å². The molecule has 1 aliphatic carbocycles. The number of alkyl halides is 3. The van der Waals surface area contributed by atoms with Crippen molar-refractivity contribution in [3.8, 4) is 0 Å². The highest BCUT2D eigenvalue weighted by atomic mass is 127. The van der Waals surface area contributed by atoms with Crippen LogP contribution < -0.4 is 15.5 Å². The van der Waals surface area contributed by atoms with Gasteiger partial charge in [-0.15, -0.1) is 24.0 Å². The molecule has 9 heteroatoms. The molecule has 182 valence electrons. The predicted octanol–water partition coefficient (Wildman–Crippen LogP) is 4.69. The van der Waals surface area contributed by atoms with Gasteiger partial charge in [0.05, 0.1) is 12.5 Å². The molecular formula is C23H36F3IN4O. The number of guanidine groups is 1. The second-order valence-corrected chi connectivity index (χ2v) is 8.72. The van der Waals surface area contributed by atoms with Gasteiger partial charge in [-0.3, -0.25) is 0 Å². The Morgan fingerprint density at radius 3 is 2.41 bits per heavy atom. The maximum Gasteiger partial charge on any atom is 0.391 e. The highest BCUT2D eigenvalue weighted by Crippen LogP contribution is 2.37. The van der Waals surface area contributed by atoms with Crippen LogP contribution in [0.4, 0.5) is 18.9 Å². The molecule has 1 aromatic carbocycles. The number of aliphatic hydroxyl groups is 1. The van der Waals surface area contributed by atoms with E-state index in [1.165, 1.54) is 5.69 Å². The summed E-state index contributed by atoms with van der Waals surface area (Å²) in [5, 5.41) is 15.7. The molecule has 3 N–H and O–H groups in total. The van der Waals surface area contributed by atoms with Crippen molar-refractivity contribution in [3.63, 3.8) is 0 Å². The quantitative estimate of drug-likeness (QED) is 0.265. The van der Waals surface area contributed by atoms with Crippen LogP contribution in [0.2, 0.25) is 0 Å². The van der Waals surface area contributed by atoms with Gasteiger partial charge in [0, 0.05) is 38.0 Å². The summed E-state index contributed by atoms with van der Waals surface area (Å²) in [6.07, 6.45) is -0.454. The van der Waals surface area contributed by atoms with Gasteiger partial charge < -0.3 is 20.6 Å². The van der Waals surface area contributed by atoms with E-state index in [9.17, 15) is 18.3 Å². The first kappa shape index (κ1) is 27.0. The molecular weight excluding hydrogens is 532 g/mol. The Balaban J connectivity index is 0.00000363. The fourth-order valence-electron chi connectivity index (χ4n) is 4.49. The monoisotopic (exact) mass is 568 g/mol. The third-order valence-electron chi connectivity index (χ3n) is 6.42. The summed E-state index contributed by atoms with van der Waals surface area (Å²) in [5.41, 5.74) is 2.23. The van der Waals surface area contributed by atoms with Crippen LogP contribution in [-0.4, -0.2) is 49.5 Å². The highest BCUT2D eigenvalue weighted by molar-refractivity contribution is 14.0. The van der Waals surface area contributed by atoms with Crippen molar-refractivity contribution in [2.45, 2.75) is 64.2 Å². The largest absolute Gasteiger partial charge is 0.396 e. The van der Waals surface area contributed by atoms with Crippen LogP contribution in [-0.2, 0) is 6.54 Å². The van der Waals surface area contributed by atoms with E-state index in [0.717, 1.165) is 37.9 Å². The van der Waals surface area contributed by atoms with Gasteiger partial charge in [-0.2, -0.15) is 13.2 Å². The summed E-state index contributed by atoms with van der Waals surface area (Å²) in [6, 6.07) is 8.10. The van der Waals surface area contributed by atoms with Crippen LogP contribution in [0.5, 0.6) is 0 Å². The SMILES string of the molecule is CCNC(=NCc1ccc(N2CCC(CO)CC2)cc1)NC1CCCC(C(F)(F)F)C1.I. The maximum absolute atomic E-state index is 13.1. The molecule has 1 heterocycles. The first-order chi connectivity index (χ1) is 14.9. The van der Waals surface area contributed by atoms with Crippen molar-refractivity contribution in [3.05, 3.63) is 29.8 Å². The standard InChI is InChI=1S/C23H35F3N4O.HI/c1-2-27-22(29-20-5-3-4-19(14-20)23(24,25)26)28-15-17-6-8-21(9-7-17)30-12-10-18(16-31)11-13-30;/h6-9,18-20,31H,2-5,10-16H2,1H3,(H2,27,28,29);1H. The van der Waals surface area contributed by atoms with Crippen LogP contribution in [0.1, 0.15) is 51.0 Å². The highest BCUT2D eigenvalue weighted by Gasteiger charge is 2.42. The van der Waals surface area contributed by atoms with Crippen LogP contribution >= 0.6 is 24.0 Å². The van der Waals surface area contributed by atoms with Crippen molar-refractivity contribution in [1.82, 2.24) is 10.6 Å². The van der Waals surface area contributed by atoms with Gasteiger partial charge in [-0.1, -0.05) is 18.6 Å². The number of hydrogen-bond acceptors (Lipinski definition) is 3. The zero-order chi connectivity index (χ0) is 22.3. The molecule has 0 radical (unpaired) electrons. The minimum absolute atomic E-state index is 0. The molecule has 0 amide bonds. The first-order valence-corrected chi connectivity index (χ1v) is 11.4. The number of anilines is 1. The molecule has 2 aliphatic rings. The number of halogens is 4. The van der Waals surface area contributed by atoms with Crippen molar-refractivity contribution in [2.75, 3.05) is 31.1 Å². The lowest BCUT2D eigenvalue weighted by molar-refractivity contribution is -0.183. The predicted molar refractivity (Wildman–Crippen MR) is 134 cm³/mol. The first-order valence-electron chi connectivity index (χ1n) is 11.4. The molecule has 2 unspecified atom stereocenters. The fourth-order valence-corrected chi connectivity index (χ4v) is 4.49. The molecule has 1 saturated carbocycles. The van der Waals surface area contributed by atoms with Gasteiger partial charge >= 0.3 is 6.18 Å². The van der Waals surface area contributed by atoms with Crippen LogP contribution in [0.25, 0.3) is 0 Å². The summed E-state index contributed by atoms with van der Waals surface area (Å²) >= 11 is 0. The van der Waals surface area contributed by atoms with E-state index in [2.05, 4.69) is 44.8 Å². The second kappa shape index (κ2) is 12.9. The number of piperidine rings is 1. The van der Waals surface area contributed by atoms with Crippen molar-refractivity contribution in [2.24, 2.45) is 16.8 Å². The average molecular weight is 568 g/mol. The van der Waals surface area contributed by atoms with E-state index in [1.807, 2.05) is 6.92 Å². The smallest absolute Gasteiger partial charge is 0.391 e. The Morgan fingerprint density at radius 2 is 1.81 bits per heavy atom. The molecule has 2 fully saturated rings. The van der Waals surface area contributed by atoms with Gasteiger partial charge in [0.2, 0.25) is 0 Å². The Morgan fingerprint density at radius 1 is 1.12 bits per heavy atom. The van der Waals surface area contributed by atoms with Crippen molar-refractivity contribution in [1.29, 1.82) is 0 Å². The van der Waals surface area contributed by atoms with Crippen molar-refractivity contribution >= 4 is 35.6 Å². The minimum Gasteiger partial charge on any atom is -0.396 e. The number of rotatable bonds is 6. The summed E-state index contributed by atoms with van der Waals surface area (Å²) in [7, 11) is 0. The molecule has 32 heavy (non-hydrogen) atoms. The number of nitrogens with zero attached hydrogens (tertiary/aromatic N) is 2. The zero-order valence-corrected chi connectivity index (χ0v) is 21.0. The molecule has 3 rings (SSSR count). The zero-order valence-electron chi connectivity index (χ0n) is 18.7. The molecule has 1 aliphatic heterocycles. The summed E-state index contributed by atoms with van der Waals surface area (Å²) in [5.74, 6) is -0.237. The molecule has 1 saturated heterocycles. The van der Waals surface area contributed by atoms with Gasteiger partial charge in [0.25, 0.3) is 0 Å². The van der Waals surface area contributed by atoms with Crippen LogP contribution in [0, 0.1) is 11.8 Å². The van der Waals surface area contributed by atoms with Gasteiger partial charge in [-0.25, -0.2) is 4.99 Å². The van der Waals surface area contributed by atoms with Crippen LogP contribution in [0.15, 0.2) is 29.3 Å². The maximum atomic E-state index is 13.1. The van der Waals surface area contributed by atoms with E-state index in [0.29, 0.717) is 31.4 Å². The van der Waals surface area contributed by atoms with Gasteiger partial charge in [-0.05, 0) is 62.6 Å². The Bertz CT molecular complexity index is 706. The third-order valence-corrected chi connectivity index (χ3v) is 6.42. The minimum atomic E-state index is -4.12. The lowest BCUT2D eigenvalue weighted by Crippen LogP contribution is -2.46. The Hall–Kier alpha value is -1.23. The molecule has 2 atom stereocenters. The van der Waals surface area contributed by atoms with E-state index in [-0.39, 0.29) is 49.5 Å². The van der Waals surface area contributed by atoms with E-state index >= 15 is 0 Å². The number of aliphatic hydroxyl groups excluding tert-OH is 1. The Labute approximate surface area is 206 Å². The van der Waals surface area contributed by atoms with E-state index in [4.69, 9.17) is 0 Å². The number of benzene rings is 1. The van der Waals surface area contributed by atoms with Gasteiger partial charge in [0.15, 0.2) is 5.96 Å². The normalized spacial score (nSPS) is 22.9. The number of nitrogens with one attached hydrogen (secondary N) is 2. The molecule has 0 aromatic heterocycles. The van der Waals surface area contributed by atoms with Gasteiger partial charge in [0.1, 0.15) is 0 Å². The molecule has 0 spiro atoms. The summed E-state index contributed by atoms with van der Waals surface area (Å²) in [4.78, 5) is 6.94. The van der Waals surface area contributed by atoms with Crippen molar-refractivity contribution < 1.29 is 18.3 Å². The fraction of sp³-hybridized carbons (Fsp3) is 0.696. The molecule has 1 aromatic rings. The topological polar surface area (TPSA) is 59.9 Å². The molecule has 5 nitrogen and oxygen atoms in total. The lowest BCUT2D eigenvalue weighted by atomic mass is 9.85. The number of hydrogen-bond donors (Lipinski definition) is 3. The summed E-state index contributed by atoms with van der Waals surface area (Å²) in [6.45, 7) is 5.26. The average Bonchev–Trinajstić information content (AvgIpc) is 2.78. The molecule has 0 bridgehead atoms. The third kappa shape index (κ3) is 7.97. The second-order valence-electron chi connectivity index (χ2n) is 8.72. The Kier molecular flexibility index (Phi) is 10.9. The number of aliphatic imine (C=N–C) groups is 1. The van der Waals surface area contributed by atoms with Crippen LogP contribution in [0.3, 0.4) is 0 Å².